The zero-order valence-electron chi connectivity index (χ0n) is 13.9. The molecule has 0 spiro atoms. The van der Waals surface area contributed by atoms with Crippen LogP contribution in [0.2, 0.25) is 0 Å². The van der Waals surface area contributed by atoms with Crippen LogP contribution in [-0.2, 0) is 27.5 Å². The number of allylic oxidation sites excluding steroid dienone is 1. The van der Waals surface area contributed by atoms with Crippen molar-refractivity contribution in [1.29, 1.82) is 0 Å². The second kappa shape index (κ2) is 6.79. The van der Waals surface area contributed by atoms with E-state index in [1.54, 1.807) is 21.0 Å². The number of hydrogen-bond donors (Lipinski definition) is 0. The highest BCUT2D eigenvalue weighted by Gasteiger charge is 2.61. The summed E-state index contributed by atoms with van der Waals surface area (Å²) in [5, 5.41) is 0. The molecule has 23 heavy (non-hydrogen) atoms. The van der Waals surface area contributed by atoms with Crippen molar-refractivity contribution < 1.29 is 23.0 Å². The van der Waals surface area contributed by atoms with Crippen LogP contribution in [0.25, 0.3) is 0 Å². The highest BCUT2D eigenvalue weighted by atomic mass is 19.3. The lowest BCUT2D eigenvalue weighted by molar-refractivity contribution is -0.147. The van der Waals surface area contributed by atoms with Crippen molar-refractivity contribution in [3.63, 3.8) is 0 Å². The van der Waals surface area contributed by atoms with Crippen molar-refractivity contribution >= 4 is 5.97 Å². The van der Waals surface area contributed by atoms with Gasteiger partial charge in [-0.2, -0.15) is 8.78 Å². The van der Waals surface area contributed by atoms with Gasteiger partial charge in [-0.05, 0) is 35.1 Å². The lowest BCUT2D eigenvalue weighted by Crippen LogP contribution is -2.11. The molecule has 3 nitrogen and oxygen atoms in total. The molecule has 1 aromatic rings. The zero-order valence-corrected chi connectivity index (χ0v) is 13.9. The fraction of sp³-hybridized carbons (Fsp3) is 0.500. The first-order valence-electron chi connectivity index (χ1n) is 7.54. The van der Waals surface area contributed by atoms with Crippen molar-refractivity contribution in [2.45, 2.75) is 34.0 Å². The van der Waals surface area contributed by atoms with E-state index in [1.807, 2.05) is 25.1 Å². The summed E-state index contributed by atoms with van der Waals surface area (Å²) in [5.41, 5.74) is 2.47. The maximum absolute atomic E-state index is 12.4. The molecule has 2 rings (SSSR count). The lowest BCUT2D eigenvalue weighted by atomic mass is 10.0. The summed E-state index contributed by atoms with van der Waals surface area (Å²) >= 11 is 0. The Hall–Kier alpha value is -1.75. The number of esters is 1. The Morgan fingerprint density at radius 1 is 1.26 bits per heavy atom. The molecule has 1 aromatic carbocycles. The van der Waals surface area contributed by atoms with Crippen LogP contribution < -0.4 is 0 Å². The fourth-order valence-corrected chi connectivity index (χ4v) is 3.02. The molecule has 126 valence electrons. The number of rotatable bonds is 6. The Morgan fingerprint density at radius 2 is 1.87 bits per heavy atom. The molecule has 1 aliphatic rings. The number of benzene rings is 1. The molecule has 0 aromatic heterocycles. The monoisotopic (exact) mass is 324 g/mol. The molecule has 0 radical (unpaired) electrons. The molecule has 0 amide bonds. The molecule has 0 unspecified atom stereocenters. The molecule has 0 saturated heterocycles. The van der Waals surface area contributed by atoms with Crippen LogP contribution in [0.4, 0.5) is 8.78 Å². The predicted molar refractivity (Wildman–Crippen MR) is 82.7 cm³/mol. The quantitative estimate of drug-likeness (QED) is 0.734. The van der Waals surface area contributed by atoms with Gasteiger partial charge in [0.25, 0.3) is 6.08 Å². The van der Waals surface area contributed by atoms with E-state index in [2.05, 4.69) is 0 Å². The van der Waals surface area contributed by atoms with Gasteiger partial charge in [-0.1, -0.05) is 32.0 Å². The van der Waals surface area contributed by atoms with Crippen molar-refractivity contribution in [3.8, 4) is 0 Å². The minimum Gasteiger partial charge on any atom is -0.461 e. The highest BCUT2D eigenvalue weighted by Crippen LogP contribution is 2.60. The van der Waals surface area contributed by atoms with E-state index in [9.17, 15) is 13.6 Å². The second-order valence-corrected chi connectivity index (χ2v) is 6.52. The Balaban J connectivity index is 2.01. The first-order chi connectivity index (χ1) is 10.8. The van der Waals surface area contributed by atoms with Crippen molar-refractivity contribution in [3.05, 3.63) is 47.0 Å². The average Bonchev–Trinajstić information content (AvgIpc) is 3.00. The Morgan fingerprint density at radius 3 is 2.43 bits per heavy atom. The van der Waals surface area contributed by atoms with Crippen LogP contribution in [0.15, 0.2) is 30.4 Å². The molecule has 0 aliphatic heterocycles. The smallest absolute Gasteiger partial charge is 0.310 e. The van der Waals surface area contributed by atoms with Gasteiger partial charge < -0.3 is 9.47 Å². The van der Waals surface area contributed by atoms with Gasteiger partial charge >= 0.3 is 5.97 Å². The SMILES string of the molecule is COCc1cccc(COC(=O)[C@@H]2[C@@H](C=C(F)F)C2(C)C)c1C. The van der Waals surface area contributed by atoms with Gasteiger partial charge in [0.15, 0.2) is 0 Å². The van der Waals surface area contributed by atoms with E-state index >= 15 is 0 Å². The number of methoxy groups -OCH3 is 1. The number of carbonyl (C=O) groups excluding carboxylic acids is 1. The first-order valence-corrected chi connectivity index (χ1v) is 7.54. The third kappa shape index (κ3) is 3.78. The van der Waals surface area contributed by atoms with Gasteiger partial charge in [0, 0.05) is 13.0 Å². The molecule has 5 heteroatoms. The van der Waals surface area contributed by atoms with Crippen LogP contribution in [0.1, 0.15) is 30.5 Å². The van der Waals surface area contributed by atoms with E-state index in [4.69, 9.17) is 9.47 Å². The summed E-state index contributed by atoms with van der Waals surface area (Å²) < 4.78 is 35.3. The summed E-state index contributed by atoms with van der Waals surface area (Å²) in [5.74, 6) is -1.39. The maximum Gasteiger partial charge on any atom is 0.310 e. The third-order valence-corrected chi connectivity index (χ3v) is 4.70. The molecule has 0 bridgehead atoms. The topological polar surface area (TPSA) is 35.5 Å². The molecular formula is C18H22F2O3. The van der Waals surface area contributed by atoms with Crippen LogP contribution in [-0.4, -0.2) is 13.1 Å². The van der Waals surface area contributed by atoms with E-state index in [0.717, 1.165) is 22.8 Å². The van der Waals surface area contributed by atoms with Gasteiger partial charge in [0.2, 0.25) is 0 Å². The van der Waals surface area contributed by atoms with E-state index in [-0.39, 0.29) is 6.61 Å². The molecule has 2 atom stereocenters. The lowest BCUT2D eigenvalue weighted by Gasteiger charge is -2.11. The second-order valence-electron chi connectivity index (χ2n) is 6.52. The molecule has 0 N–H and O–H groups in total. The van der Waals surface area contributed by atoms with Crippen molar-refractivity contribution in [2.24, 2.45) is 17.3 Å². The molecule has 1 saturated carbocycles. The van der Waals surface area contributed by atoms with Crippen LogP contribution >= 0.6 is 0 Å². The van der Waals surface area contributed by atoms with Crippen molar-refractivity contribution in [2.75, 3.05) is 7.11 Å². The highest BCUT2D eigenvalue weighted by molar-refractivity contribution is 5.78. The Labute approximate surface area is 135 Å². The number of carbonyl (C=O) groups is 1. The number of halogens is 2. The maximum atomic E-state index is 12.4. The molecule has 0 heterocycles. The van der Waals surface area contributed by atoms with Gasteiger partial charge in [0.1, 0.15) is 6.61 Å². The zero-order chi connectivity index (χ0) is 17.2. The molecule has 1 fully saturated rings. The fourth-order valence-electron chi connectivity index (χ4n) is 3.02. The summed E-state index contributed by atoms with van der Waals surface area (Å²) in [6, 6.07) is 5.73. The van der Waals surface area contributed by atoms with Gasteiger partial charge in [0.05, 0.1) is 12.5 Å². The summed E-state index contributed by atoms with van der Waals surface area (Å²) in [6.07, 6.45) is -0.891. The molecule has 1 aliphatic carbocycles. The number of ether oxygens (including phenoxy) is 2. The minimum absolute atomic E-state index is 0.142. The standard InChI is InChI=1S/C18H22F2O3/c1-11-12(9-22-4)6-5-7-13(11)10-23-17(21)16-14(8-15(19)20)18(16,2)3/h5-8,14,16H,9-10H2,1-4H3/t14-,16+/m1/s1. The number of hydrogen-bond acceptors (Lipinski definition) is 3. The van der Waals surface area contributed by atoms with Gasteiger partial charge in [-0.25, -0.2) is 0 Å². The van der Waals surface area contributed by atoms with Gasteiger partial charge in [-0.3, -0.25) is 4.79 Å². The molecular weight excluding hydrogens is 302 g/mol. The Kier molecular flexibility index (Phi) is 5.19. The van der Waals surface area contributed by atoms with E-state index < -0.39 is 29.3 Å². The van der Waals surface area contributed by atoms with Crippen molar-refractivity contribution in [1.82, 2.24) is 0 Å². The summed E-state index contributed by atoms with van der Waals surface area (Å²) in [7, 11) is 1.62. The summed E-state index contributed by atoms with van der Waals surface area (Å²) in [4.78, 5) is 12.2. The predicted octanol–water partition coefficient (Wildman–Crippen LogP) is 4.24. The van der Waals surface area contributed by atoms with Crippen LogP contribution in [0.5, 0.6) is 0 Å². The van der Waals surface area contributed by atoms with Crippen LogP contribution in [0, 0.1) is 24.2 Å². The first kappa shape index (κ1) is 17.6. The minimum atomic E-state index is -1.75. The van der Waals surface area contributed by atoms with Crippen LogP contribution in [0.3, 0.4) is 0 Å². The largest absolute Gasteiger partial charge is 0.461 e. The van der Waals surface area contributed by atoms with E-state index in [0.29, 0.717) is 6.61 Å². The normalized spacial score (nSPS) is 21.7. The van der Waals surface area contributed by atoms with E-state index in [1.165, 1.54) is 0 Å². The Bertz CT molecular complexity index is 619. The third-order valence-electron chi connectivity index (χ3n) is 4.70. The summed E-state index contributed by atoms with van der Waals surface area (Å²) in [6.45, 7) is 6.18. The average molecular weight is 324 g/mol. The van der Waals surface area contributed by atoms with Gasteiger partial charge in [-0.15, -0.1) is 0 Å².